The molecule has 4 nitrogen and oxygen atoms in total. The van der Waals surface area contributed by atoms with Gasteiger partial charge in [-0.2, -0.15) is 0 Å². The molecule has 0 amide bonds. The van der Waals surface area contributed by atoms with Crippen molar-refractivity contribution < 1.29 is 40.9 Å². The molecule has 0 heterocycles. The van der Waals surface area contributed by atoms with Crippen molar-refractivity contribution in [2.75, 3.05) is 0 Å². The number of hydrogen-bond donors (Lipinski definition) is 2. The zero-order valence-corrected chi connectivity index (χ0v) is 24.3. The number of carboxylic acids is 2. The Morgan fingerprint density at radius 3 is 0.758 bits per heavy atom. The standard InChI is InChI=1S/2C14H28O2.Pt/c2*1-2-3-4-5-6-7-8-9-10-11-12-13-14(15)16;/h2*2-13H2,1H3,(H,15,16);. The fourth-order valence-corrected chi connectivity index (χ4v) is 3.88. The van der Waals surface area contributed by atoms with Gasteiger partial charge >= 0.3 is 11.9 Å². The van der Waals surface area contributed by atoms with Crippen molar-refractivity contribution in [1.82, 2.24) is 0 Å². The zero-order chi connectivity index (χ0) is 24.1. The summed E-state index contributed by atoms with van der Waals surface area (Å²) in [6.07, 6.45) is 28.7. The Morgan fingerprint density at radius 1 is 0.394 bits per heavy atom. The van der Waals surface area contributed by atoms with Crippen LogP contribution in [0.2, 0.25) is 0 Å². The van der Waals surface area contributed by atoms with Gasteiger partial charge in [0.15, 0.2) is 0 Å². The molecule has 0 radical (unpaired) electrons. The first-order valence-corrected chi connectivity index (χ1v) is 14.0. The van der Waals surface area contributed by atoms with E-state index in [1.807, 2.05) is 0 Å². The molecule has 0 bridgehead atoms. The summed E-state index contributed by atoms with van der Waals surface area (Å²) in [6.45, 7) is 4.49. The van der Waals surface area contributed by atoms with E-state index in [1.54, 1.807) is 0 Å². The Bertz CT molecular complexity index is 352. The van der Waals surface area contributed by atoms with Crippen LogP contribution in [0.4, 0.5) is 0 Å². The van der Waals surface area contributed by atoms with Crippen molar-refractivity contribution in [3.05, 3.63) is 0 Å². The molecule has 0 aliphatic heterocycles. The van der Waals surface area contributed by atoms with Crippen molar-refractivity contribution >= 4 is 11.9 Å². The van der Waals surface area contributed by atoms with Crippen LogP contribution in [0.25, 0.3) is 0 Å². The third kappa shape index (κ3) is 42.3. The third-order valence-corrected chi connectivity index (χ3v) is 5.99. The van der Waals surface area contributed by atoms with Crippen molar-refractivity contribution in [2.45, 2.75) is 168 Å². The van der Waals surface area contributed by atoms with Gasteiger partial charge in [0.25, 0.3) is 0 Å². The molecule has 0 spiro atoms. The molecule has 2 N–H and O–H groups in total. The van der Waals surface area contributed by atoms with Gasteiger partial charge in [-0.25, -0.2) is 0 Å². The second kappa shape index (κ2) is 33.8. The van der Waals surface area contributed by atoms with Gasteiger partial charge in [-0.1, -0.05) is 142 Å². The molecule has 0 aromatic heterocycles. The minimum Gasteiger partial charge on any atom is -0.481 e. The topological polar surface area (TPSA) is 74.6 Å². The molecule has 202 valence electrons. The molecule has 0 saturated heterocycles. The summed E-state index contributed by atoms with van der Waals surface area (Å²) >= 11 is 0. The first-order chi connectivity index (χ1) is 15.5. The van der Waals surface area contributed by atoms with E-state index in [4.69, 9.17) is 10.2 Å². The van der Waals surface area contributed by atoms with Gasteiger partial charge in [0.1, 0.15) is 0 Å². The molecule has 0 rings (SSSR count). The first kappa shape index (κ1) is 37.2. The van der Waals surface area contributed by atoms with E-state index < -0.39 is 11.9 Å². The smallest absolute Gasteiger partial charge is 0.303 e. The fraction of sp³-hybridized carbons (Fsp3) is 0.929. The molecule has 0 fully saturated rings. The van der Waals surface area contributed by atoms with Gasteiger partial charge in [0, 0.05) is 33.9 Å². The van der Waals surface area contributed by atoms with Crippen LogP contribution in [0.15, 0.2) is 0 Å². The van der Waals surface area contributed by atoms with E-state index in [0.717, 1.165) is 25.7 Å². The normalized spacial score (nSPS) is 10.2. The molecule has 0 saturated carbocycles. The van der Waals surface area contributed by atoms with Crippen molar-refractivity contribution in [2.24, 2.45) is 0 Å². The van der Waals surface area contributed by atoms with Gasteiger partial charge in [-0.15, -0.1) is 0 Å². The fourth-order valence-electron chi connectivity index (χ4n) is 3.88. The minimum atomic E-state index is -0.657. The van der Waals surface area contributed by atoms with Gasteiger partial charge in [0.05, 0.1) is 0 Å². The van der Waals surface area contributed by atoms with Crippen LogP contribution in [0, 0.1) is 0 Å². The Kier molecular flexibility index (Phi) is 38.1. The number of rotatable bonds is 24. The van der Waals surface area contributed by atoms with E-state index in [-0.39, 0.29) is 21.1 Å². The maximum atomic E-state index is 10.3. The van der Waals surface area contributed by atoms with E-state index in [0.29, 0.717) is 12.8 Å². The molecular weight excluding hydrogens is 595 g/mol. The van der Waals surface area contributed by atoms with Crippen molar-refractivity contribution in [1.29, 1.82) is 0 Å². The van der Waals surface area contributed by atoms with Gasteiger partial charge in [0.2, 0.25) is 0 Å². The van der Waals surface area contributed by atoms with Crippen LogP contribution >= 0.6 is 0 Å². The second-order valence-corrected chi connectivity index (χ2v) is 9.36. The third-order valence-electron chi connectivity index (χ3n) is 5.99. The number of carboxylic acid groups (broad SMARTS) is 2. The maximum absolute atomic E-state index is 10.3. The predicted octanol–water partition coefficient (Wildman–Crippen LogP) is 9.54. The van der Waals surface area contributed by atoms with E-state index in [1.165, 1.54) is 116 Å². The Labute approximate surface area is 220 Å². The largest absolute Gasteiger partial charge is 0.481 e. The van der Waals surface area contributed by atoms with Crippen molar-refractivity contribution in [3.63, 3.8) is 0 Å². The summed E-state index contributed by atoms with van der Waals surface area (Å²) in [5.41, 5.74) is 0. The molecule has 0 aliphatic rings. The molecule has 0 unspecified atom stereocenters. The summed E-state index contributed by atoms with van der Waals surface area (Å²) in [7, 11) is 0. The Balaban J connectivity index is -0.000000529. The van der Waals surface area contributed by atoms with Crippen LogP contribution < -0.4 is 0 Å². The molecule has 0 atom stereocenters. The molecule has 5 heteroatoms. The summed E-state index contributed by atoms with van der Waals surface area (Å²) in [5, 5.41) is 16.9. The average molecular weight is 652 g/mol. The second-order valence-electron chi connectivity index (χ2n) is 9.36. The molecular formula is C28H56O4Pt. The van der Waals surface area contributed by atoms with Crippen molar-refractivity contribution in [3.8, 4) is 0 Å². The van der Waals surface area contributed by atoms with Gasteiger partial charge in [-0.05, 0) is 12.8 Å². The SMILES string of the molecule is CCCCCCCCCCCCCC(=O)O.CCCCCCCCCCCCCC(=O)O.[Pt]. The molecule has 0 aliphatic carbocycles. The molecule has 0 aromatic rings. The van der Waals surface area contributed by atoms with E-state index in [2.05, 4.69) is 13.8 Å². The van der Waals surface area contributed by atoms with E-state index >= 15 is 0 Å². The number of aliphatic carboxylic acids is 2. The first-order valence-electron chi connectivity index (χ1n) is 14.0. The number of unbranched alkanes of at least 4 members (excludes halogenated alkanes) is 20. The number of carbonyl (C=O) groups is 2. The summed E-state index contributed by atoms with van der Waals surface area (Å²) in [4.78, 5) is 20.5. The zero-order valence-electron chi connectivity index (χ0n) is 22.0. The summed E-state index contributed by atoms with van der Waals surface area (Å²) < 4.78 is 0. The van der Waals surface area contributed by atoms with Crippen LogP contribution in [0.5, 0.6) is 0 Å². The predicted molar refractivity (Wildman–Crippen MR) is 137 cm³/mol. The van der Waals surface area contributed by atoms with Crippen LogP contribution in [-0.2, 0) is 30.7 Å². The van der Waals surface area contributed by atoms with Crippen LogP contribution in [-0.4, -0.2) is 22.2 Å². The molecule has 0 aromatic carbocycles. The van der Waals surface area contributed by atoms with Gasteiger partial charge < -0.3 is 10.2 Å². The maximum Gasteiger partial charge on any atom is 0.303 e. The average Bonchev–Trinajstić information content (AvgIpc) is 2.76. The van der Waals surface area contributed by atoms with Crippen LogP contribution in [0.3, 0.4) is 0 Å². The summed E-state index contributed by atoms with van der Waals surface area (Å²) in [5.74, 6) is -1.31. The number of hydrogen-bond acceptors (Lipinski definition) is 2. The van der Waals surface area contributed by atoms with E-state index in [9.17, 15) is 9.59 Å². The van der Waals surface area contributed by atoms with Crippen LogP contribution in [0.1, 0.15) is 168 Å². The minimum absolute atomic E-state index is 0. The Morgan fingerprint density at radius 2 is 0.576 bits per heavy atom. The quantitative estimate of drug-likeness (QED) is 0.102. The monoisotopic (exact) mass is 651 g/mol. The van der Waals surface area contributed by atoms with Gasteiger partial charge in [-0.3, -0.25) is 9.59 Å². The molecule has 33 heavy (non-hydrogen) atoms. The summed E-state index contributed by atoms with van der Waals surface area (Å²) in [6, 6.07) is 0. The Hall–Kier alpha value is -0.372.